The summed E-state index contributed by atoms with van der Waals surface area (Å²) < 4.78 is 59.3. The quantitative estimate of drug-likeness (QED) is 0.746. The van der Waals surface area contributed by atoms with Crippen LogP contribution < -0.4 is 9.64 Å². The standard InChI is InChI=1S/C22H21F4NO3/c1-30-15-7-5-13(6-8-15)10-19(28)27-9-3-2-4-14-11-17-16(12-18(14)27)20(23)21(17,29)22(24,25)26/h5-8,11-12,20,29H,2-4,9-10H2,1H3. The van der Waals surface area contributed by atoms with Crippen LogP contribution in [0.4, 0.5) is 23.2 Å². The fourth-order valence-electron chi connectivity index (χ4n) is 4.20. The molecule has 160 valence electrons. The minimum atomic E-state index is -5.11. The van der Waals surface area contributed by atoms with Crippen molar-refractivity contribution in [3.63, 3.8) is 0 Å². The van der Waals surface area contributed by atoms with Crippen molar-refractivity contribution < 1.29 is 32.2 Å². The molecule has 1 amide bonds. The van der Waals surface area contributed by atoms with E-state index in [2.05, 4.69) is 0 Å². The molecule has 4 nitrogen and oxygen atoms in total. The number of rotatable bonds is 3. The lowest BCUT2D eigenvalue weighted by atomic mass is 9.70. The molecule has 2 aromatic rings. The Hall–Kier alpha value is -2.61. The Balaban J connectivity index is 1.66. The molecule has 0 saturated carbocycles. The Labute approximate surface area is 171 Å². The second-order valence-electron chi connectivity index (χ2n) is 7.72. The van der Waals surface area contributed by atoms with Gasteiger partial charge in [0.2, 0.25) is 11.5 Å². The van der Waals surface area contributed by atoms with Crippen LogP contribution in [0.3, 0.4) is 0 Å². The minimum Gasteiger partial charge on any atom is -0.497 e. The van der Waals surface area contributed by atoms with Crippen LogP contribution in [0.25, 0.3) is 0 Å². The van der Waals surface area contributed by atoms with E-state index in [9.17, 15) is 27.5 Å². The molecule has 1 N–H and O–H groups in total. The van der Waals surface area contributed by atoms with Crippen molar-refractivity contribution in [1.82, 2.24) is 0 Å². The van der Waals surface area contributed by atoms with Crippen molar-refractivity contribution in [2.24, 2.45) is 0 Å². The van der Waals surface area contributed by atoms with Gasteiger partial charge in [0.15, 0.2) is 6.17 Å². The summed E-state index contributed by atoms with van der Waals surface area (Å²) in [5, 5.41) is 9.96. The summed E-state index contributed by atoms with van der Waals surface area (Å²) >= 11 is 0. The molecule has 2 aliphatic rings. The number of amides is 1. The molecule has 0 radical (unpaired) electrons. The van der Waals surface area contributed by atoms with Gasteiger partial charge in [-0.25, -0.2) is 4.39 Å². The number of aliphatic hydroxyl groups is 1. The number of anilines is 1. The number of carbonyl (C=O) groups is 1. The predicted molar refractivity (Wildman–Crippen MR) is 102 cm³/mol. The van der Waals surface area contributed by atoms with E-state index in [0.717, 1.165) is 5.56 Å². The third-order valence-corrected chi connectivity index (χ3v) is 5.92. The molecule has 1 aliphatic heterocycles. The normalized spacial score (nSPS) is 23.1. The van der Waals surface area contributed by atoms with Crippen molar-refractivity contribution in [3.8, 4) is 5.75 Å². The Morgan fingerprint density at radius 1 is 1.23 bits per heavy atom. The fourth-order valence-corrected chi connectivity index (χ4v) is 4.20. The molecule has 2 unspecified atom stereocenters. The first kappa shape index (κ1) is 20.7. The zero-order valence-electron chi connectivity index (χ0n) is 16.3. The van der Waals surface area contributed by atoms with Gasteiger partial charge in [0.25, 0.3) is 0 Å². The summed E-state index contributed by atoms with van der Waals surface area (Å²) in [5.74, 6) is 0.445. The van der Waals surface area contributed by atoms with Gasteiger partial charge in [-0.3, -0.25) is 4.79 Å². The highest BCUT2D eigenvalue weighted by Gasteiger charge is 2.68. The number of nitrogens with zero attached hydrogens (tertiary/aromatic N) is 1. The van der Waals surface area contributed by atoms with Crippen molar-refractivity contribution in [2.75, 3.05) is 18.6 Å². The number of aryl methyl sites for hydroxylation is 1. The monoisotopic (exact) mass is 423 g/mol. The molecule has 8 heteroatoms. The molecule has 2 atom stereocenters. The van der Waals surface area contributed by atoms with Crippen molar-refractivity contribution in [2.45, 2.75) is 43.6 Å². The van der Waals surface area contributed by atoms with Crippen LogP contribution in [-0.4, -0.2) is 30.8 Å². The highest BCUT2D eigenvalue weighted by Crippen LogP contribution is 2.60. The maximum atomic E-state index is 14.4. The first-order chi connectivity index (χ1) is 14.2. The number of methoxy groups -OCH3 is 1. The molecule has 1 aliphatic carbocycles. The second-order valence-corrected chi connectivity index (χ2v) is 7.72. The van der Waals surface area contributed by atoms with Crippen molar-refractivity contribution in [1.29, 1.82) is 0 Å². The first-order valence-electron chi connectivity index (χ1n) is 9.70. The third-order valence-electron chi connectivity index (χ3n) is 5.92. The topological polar surface area (TPSA) is 49.8 Å². The number of hydrogen-bond acceptors (Lipinski definition) is 3. The average Bonchev–Trinajstić information content (AvgIpc) is 2.93. The van der Waals surface area contributed by atoms with E-state index in [4.69, 9.17) is 4.74 Å². The van der Waals surface area contributed by atoms with E-state index < -0.39 is 23.5 Å². The van der Waals surface area contributed by atoms with E-state index in [0.29, 0.717) is 42.8 Å². The third kappa shape index (κ3) is 3.14. The van der Waals surface area contributed by atoms with Gasteiger partial charge in [0.1, 0.15) is 5.75 Å². The Morgan fingerprint density at radius 3 is 2.57 bits per heavy atom. The molecule has 30 heavy (non-hydrogen) atoms. The lowest BCUT2D eigenvalue weighted by Crippen LogP contribution is -2.53. The number of fused-ring (bicyclic) bond motifs is 2. The largest absolute Gasteiger partial charge is 0.497 e. The molecule has 1 heterocycles. The number of hydrogen-bond donors (Lipinski definition) is 1. The van der Waals surface area contributed by atoms with Crippen LogP contribution in [0.15, 0.2) is 36.4 Å². The van der Waals surface area contributed by atoms with Gasteiger partial charge >= 0.3 is 6.18 Å². The predicted octanol–water partition coefficient (Wildman–Crippen LogP) is 4.38. The van der Waals surface area contributed by atoms with Gasteiger partial charge in [0.05, 0.1) is 13.5 Å². The zero-order valence-corrected chi connectivity index (χ0v) is 16.3. The molecule has 2 aromatic carbocycles. The molecule has 0 bridgehead atoms. The molecule has 0 saturated heterocycles. The average molecular weight is 423 g/mol. The van der Waals surface area contributed by atoms with E-state index >= 15 is 0 Å². The molecular formula is C22H21F4NO3. The Morgan fingerprint density at radius 2 is 1.93 bits per heavy atom. The molecule has 4 rings (SSSR count). The van der Waals surface area contributed by atoms with E-state index in [1.165, 1.54) is 17.0 Å². The smallest absolute Gasteiger partial charge is 0.424 e. The van der Waals surface area contributed by atoms with Gasteiger partial charge in [-0.05, 0) is 60.2 Å². The number of halogens is 4. The number of alkyl halides is 4. The van der Waals surface area contributed by atoms with Crippen LogP contribution in [-0.2, 0) is 23.2 Å². The van der Waals surface area contributed by atoms with E-state index in [1.807, 2.05) is 0 Å². The number of benzene rings is 2. The SMILES string of the molecule is COc1ccc(CC(=O)N2CCCCc3cc4c(cc32)C(F)C4(O)C(F)(F)F)cc1. The summed E-state index contributed by atoms with van der Waals surface area (Å²) in [5.41, 5.74) is -2.43. The summed E-state index contributed by atoms with van der Waals surface area (Å²) in [6.45, 7) is 0.404. The van der Waals surface area contributed by atoms with Gasteiger partial charge in [-0.1, -0.05) is 12.1 Å². The van der Waals surface area contributed by atoms with E-state index in [1.54, 1.807) is 31.4 Å². The minimum absolute atomic E-state index is 0.103. The van der Waals surface area contributed by atoms with Crippen LogP contribution in [0.5, 0.6) is 5.75 Å². The number of carbonyl (C=O) groups excluding carboxylic acids is 1. The van der Waals surface area contributed by atoms with Gasteiger partial charge in [-0.2, -0.15) is 13.2 Å². The zero-order chi connectivity index (χ0) is 21.7. The van der Waals surface area contributed by atoms with Crippen LogP contribution >= 0.6 is 0 Å². The second kappa shape index (κ2) is 7.27. The lowest BCUT2D eigenvalue weighted by molar-refractivity contribution is -0.302. The molecule has 0 aromatic heterocycles. The Kier molecular flexibility index (Phi) is 5.00. The highest BCUT2D eigenvalue weighted by atomic mass is 19.4. The highest BCUT2D eigenvalue weighted by molar-refractivity contribution is 5.96. The van der Waals surface area contributed by atoms with Crippen LogP contribution in [0, 0.1) is 0 Å². The fraction of sp³-hybridized carbons (Fsp3) is 0.409. The maximum Gasteiger partial charge on any atom is 0.424 e. The van der Waals surface area contributed by atoms with Gasteiger partial charge in [0, 0.05) is 17.8 Å². The molecule has 0 spiro atoms. The van der Waals surface area contributed by atoms with Crippen LogP contribution in [0.2, 0.25) is 0 Å². The molecular weight excluding hydrogens is 402 g/mol. The lowest BCUT2D eigenvalue weighted by Gasteiger charge is -2.44. The first-order valence-corrected chi connectivity index (χ1v) is 9.70. The summed E-state index contributed by atoms with van der Waals surface area (Å²) in [6.07, 6.45) is -5.76. The Bertz CT molecular complexity index is 974. The van der Waals surface area contributed by atoms with Crippen molar-refractivity contribution in [3.05, 3.63) is 58.7 Å². The van der Waals surface area contributed by atoms with Crippen LogP contribution in [0.1, 0.15) is 41.3 Å². The van der Waals surface area contributed by atoms with Gasteiger partial charge in [-0.15, -0.1) is 0 Å². The maximum absolute atomic E-state index is 14.4. The molecule has 0 fully saturated rings. The van der Waals surface area contributed by atoms with E-state index in [-0.39, 0.29) is 17.9 Å². The number of ether oxygens (including phenoxy) is 1. The summed E-state index contributed by atoms with van der Waals surface area (Å²) in [6, 6.07) is 9.54. The summed E-state index contributed by atoms with van der Waals surface area (Å²) in [4.78, 5) is 14.5. The van der Waals surface area contributed by atoms with Gasteiger partial charge < -0.3 is 14.7 Å². The summed E-state index contributed by atoms with van der Waals surface area (Å²) in [7, 11) is 1.54. The van der Waals surface area contributed by atoms with Crippen molar-refractivity contribution >= 4 is 11.6 Å².